The average molecular weight is 493 g/mol. The first-order chi connectivity index (χ1) is 16.1. The number of nitrogens with one attached hydrogen (secondary N) is 3. The van der Waals surface area contributed by atoms with Gasteiger partial charge < -0.3 is 31.9 Å². The van der Waals surface area contributed by atoms with Crippen molar-refractivity contribution in [1.29, 1.82) is 0 Å². The number of aliphatic hydroxyl groups excluding tert-OH is 1. The Kier molecular flexibility index (Phi) is 11.3. The van der Waals surface area contributed by atoms with Crippen LogP contribution in [-0.2, 0) is 25.8 Å². The number of amides is 3. The highest BCUT2D eigenvalue weighted by Gasteiger charge is 2.37. The molecule has 0 saturated carbocycles. The number of hydrogen-bond donors (Lipinski definition) is 6. The molecule has 0 aliphatic rings. The monoisotopic (exact) mass is 492 g/mol. The molecule has 196 valence electrons. The quantitative estimate of drug-likeness (QED) is 0.257. The maximum atomic E-state index is 13.1. The zero-order valence-electron chi connectivity index (χ0n) is 21.4. The first-order valence-corrected chi connectivity index (χ1v) is 11.8. The van der Waals surface area contributed by atoms with Crippen LogP contribution in [0.2, 0.25) is 0 Å². The molecule has 10 heteroatoms. The molecule has 0 spiro atoms. The number of carbonyl (C=O) groups excluding carboxylic acids is 3. The number of aliphatic carboxylic acids is 1. The van der Waals surface area contributed by atoms with Crippen molar-refractivity contribution in [2.45, 2.75) is 79.1 Å². The molecular formula is C25H40N4O6. The molecule has 35 heavy (non-hydrogen) atoms. The number of rotatable bonds is 12. The molecule has 7 N–H and O–H groups in total. The fourth-order valence-electron chi connectivity index (χ4n) is 3.51. The number of carboxylic acid groups (broad SMARTS) is 1. The van der Waals surface area contributed by atoms with E-state index in [-0.39, 0.29) is 18.9 Å². The molecule has 1 unspecified atom stereocenters. The third kappa shape index (κ3) is 10.0. The molecule has 0 fully saturated rings. The summed E-state index contributed by atoms with van der Waals surface area (Å²) in [7, 11) is 0. The molecule has 3 amide bonds. The fourth-order valence-corrected chi connectivity index (χ4v) is 3.51. The van der Waals surface area contributed by atoms with E-state index in [1.54, 1.807) is 45.0 Å². The van der Waals surface area contributed by atoms with Crippen molar-refractivity contribution in [3.63, 3.8) is 0 Å². The topological polar surface area (TPSA) is 171 Å². The summed E-state index contributed by atoms with van der Waals surface area (Å²) in [5, 5.41) is 26.8. The largest absolute Gasteiger partial charge is 0.481 e. The Bertz CT molecular complexity index is 879. The summed E-state index contributed by atoms with van der Waals surface area (Å²) in [5.74, 6) is -3.53. The first-order valence-electron chi connectivity index (χ1n) is 11.8. The highest BCUT2D eigenvalue weighted by Crippen LogP contribution is 2.30. The average Bonchev–Trinajstić information content (AvgIpc) is 2.74. The number of aliphatic hydroxyl groups is 1. The summed E-state index contributed by atoms with van der Waals surface area (Å²) >= 11 is 0. The van der Waals surface area contributed by atoms with Gasteiger partial charge in [0.05, 0.1) is 18.6 Å². The van der Waals surface area contributed by atoms with E-state index >= 15 is 0 Å². The summed E-state index contributed by atoms with van der Waals surface area (Å²) in [5.41, 5.74) is 6.29. The second-order valence-corrected chi connectivity index (χ2v) is 10.4. The zero-order chi connectivity index (χ0) is 26.9. The van der Waals surface area contributed by atoms with Crippen LogP contribution in [0.15, 0.2) is 24.3 Å². The maximum absolute atomic E-state index is 13.1. The van der Waals surface area contributed by atoms with Gasteiger partial charge in [-0.3, -0.25) is 19.2 Å². The minimum absolute atomic E-state index is 0.150. The van der Waals surface area contributed by atoms with Crippen LogP contribution in [0.5, 0.6) is 0 Å². The van der Waals surface area contributed by atoms with Crippen molar-refractivity contribution >= 4 is 29.4 Å². The van der Waals surface area contributed by atoms with Gasteiger partial charge in [0.1, 0.15) is 12.1 Å². The molecule has 0 bridgehead atoms. The molecule has 1 rings (SSSR count). The van der Waals surface area contributed by atoms with E-state index in [2.05, 4.69) is 16.0 Å². The summed E-state index contributed by atoms with van der Waals surface area (Å²) in [4.78, 5) is 50.2. The van der Waals surface area contributed by atoms with Crippen LogP contribution in [0.4, 0.5) is 5.69 Å². The van der Waals surface area contributed by atoms with E-state index in [9.17, 15) is 29.4 Å². The predicted octanol–water partition coefficient (Wildman–Crippen LogP) is 1.62. The van der Waals surface area contributed by atoms with Crippen molar-refractivity contribution in [2.75, 3.05) is 5.32 Å². The van der Waals surface area contributed by atoms with E-state index in [4.69, 9.17) is 5.73 Å². The van der Waals surface area contributed by atoms with Crippen LogP contribution >= 0.6 is 0 Å². The number of benzene rings is 1. The summed E-state index contributed by atoms with van der Waals surface area (Å²) in [6.45, 7) is 10.4. The van der Waals surface area contributed by atoms with Crippen LogP contribution < -0.4 is 21.7 Å². The van der Waals surface area contributed by atoms with Crippen molar-refractivity contribution in [2.24, 2.45) is 23.0 Å². The molecular weight excluding hydrogens is 452 g/mol. The Morgan fingerprint density at radius 3 is 1.94 bits per heavy atom. The molecule has 0 radical (unpaired) electrons. The van der Waals surface area contributed by atoms with Crippen molar-refractivity contribution < 1.29 is 29.4 Å². The molecule has 0 aliphatic heterocycles. The van der Waals surface area contributed by atoms with Gasteiger partial charge in [0, 0.05) is 5.69 Å². The van der Waals surface area contributed by atoms with Crippen LogP contribution in [0.1, 0.15) is 59.9 Å². The van der Waals surface area contributed by atoms with E-state index in [0.717, 1.165) is 0 Å². The van der Waals surface area contributed by atoms with Gasteiger partial charge in [0.2, 0.25) is 17.7 Å². The van der Waals surface area contributed by atoms with Crippen LogP contribution in [0.25, 0.3) is 0 Å². The Labute approximate surface area is 207 Å². The molecule has 4 atom stereocenters. The SMILES string of the molecule is CC(C)C[C@@H](N)C(=O)N[C@@H](C)C(=O)NC(C[C@H](C(=O)O)C(C)(C)C)C(=O)Nc1ccc(CO)cc1. The van der Waals surface area contributed by atoms with Gasteiger partial charge in [-0.2, -0.15) is 0 Å². The zero-order valence-corrected chi connectivity index (χ0v) is 21.4. The molecule has 1 aromatic carbocycles. The molecule has 0 aromatic heterocycles. The first kappa shape index (κ1) is 30.1. The lowest BCUT2D eigenvalue weighted by Gasteiger charge is -2.31. The summed E-state index contributed by atoms with van der Waals surface area (Å²) in [6, 6.07) is 3.53. The van der Waals surface area contributed by atoms with Gasteiger partial charge in [-0.15, -0.1) is 0 Å². The standard InChI is InChI=1S/C25H40N4O6/c1-14(2)11-19(26)22(32)27-15(3)21(31)29-20(12-18(24(34)35)25(4,5)6)23(33)28-17-9-7-16(13-30)8-10-17/h7-10,14-15,18-20,30H,11-13,26H2,1-6H3,(H,27,32)(H,28,33)(H,29,31)(H,34,35)/t15-,18+,19+,20?/m0/s1. The lowest BCUT2D eigenvalue weighted by Crippen LogP contribution is -2.55. The minimum atomic E-state index is -1.18. The lowest BCUT2D eigenvalue weighted by atomic mass is 9.77. The Hall–Kier alpha value is -2.98. The van der Waals surface area contributed by atoms with E-state index < -0.39 is 53.1 Å². The summed E-state index contributed by atoms with van der Waals surface area (Å²) < 4.78 is 0. The number of anilines is 1. The number of carbonyl (C=O) groups is 4. The number of nitrogens with two attached hydrogens (primary N) is 1. The second kappa shape index (κ2) is 13.2. The Morgan fingerprint density at radius 2 is 1.49 bits per heavy atom. The molecule has 10 nitrogen and oxygen atoms in total. The van der Waals surface area contributed by atoms with E-state index in [0.29, 0.717) is 17.7 Å². The fraction of sp³-hybridized carbons (Fsp3) is 0.600. The Morgan fingerprint density at radius 1 is 0.914 bits per heavy atom. The third-order valence-electron chi connectivity index (χ3n) is 5.67. The second-order valence-electron chi connectivity index (χ2n) is 10.4. The van der Waals surface area contributed by atoms with E-state index in [1.807, 2.05) is 13.8 Å². The van der Waals surface area contributed by atoms with Crippen LogP contribution in [0.3, 0.4) is 0 Å². The van der Waals surface area contributed by atoms with Crippen LogP contribution in [-0.4, -0.2) is 52.0 Å². The summed E-state index contributed by atoms with van der Waals surface area (Å²) in [6.07, 6.45) is 0.296. The smallest absolute Gasteiger partial charge is 0.307 e. The highest BCUT2D eigenvalue weighted by atomic mass is 16.4. The van der Waals surface area contributed by atoms with Gasteiger partial charge in [-0.25, -0.2) is 0 Å². The van der Waals surface area contributed by atoms with Crippen molar-refractivity contribution in [3.8, 4) is 0 Å². The molecule has 1 aromatic rings. The number of carboxylic acids is 1. The van der Waals surface area contributed by atoms with Crippen LogP contribution in [0, 0.1) is 17.3 Å². The van der Waals surface area contributed by atoms with Crippen molar-refractivity contribution in [1.82, 2.24) is 10.6 Å². The third-order valence-corrected chi connectivity index (χ3v) is 5.67. The van der Waals surface area contributed by atoms with Crippen molar-refractivity contribution in [3.05, 3.63) is 29.8 Å². The highest BCUT2D eigenvalue weighted by molar-refractivity contribution is 5.98. The lowest BCUT2D eigenvalue weighted by molar-refractivity contribution is -0.146. The molecule has 0 saturated heterocycles. The molecule has 0 aliphatic carbocycles. The minimum Gasteiger partial charge on any atom is -0.481 e. The van der Waals surface area contributed by atoms with Gasteiger partial charge in [-0.1, -0.05) is 46.8 Å². The van der Waals surface area contributed by atoms with E-state index in [1.165, 1.54) is 6.92 Å². The number of hydrogen-bond acceptors (Lipinski definition) is 6. The van der Waals surface area contributed by atoms with Gasteiger partial charge in [0.15, 0.2) is 0 Å². The normalized spacial score (nSPS) is 15.0. The van der Waals surface area contributed by atoms with Gasteiger partial charge >= 0.3 is 5.97 Å². The predicted molar refractivity (Wildman–Crippen MR) is 133 cm³/mol. The Balaban J connectivity index is 3.04. The molecule has 0 heterocycles. The maximum Gasteiger partial charge on any atom is 0.307 e. The van der Waals surface area contributed by atoms with Gasteiger partial charge in [-0.05, 0) is 48.8 Å². The van der Waals surface area contributed by atoms with Gasteiger partial charge in [0.25, 0.3) is 0 Å².